The van der Waals surface area contributed by atoms with Crippen LogP contribution >= 0.6 is 0 Å². The molecule has 0 atom stereocenters. The minimum atomic E-state index is 0.613. The van der Waals surface area contributed by atoms with Crippen LogP contribution < -0.4 is 4.74 Å². The van der Waals surface area contributed by atoms with E-state index in [0.717, 1.165) is 29.9 Å². The van der Waals surface area contributed by atoms with Gasteiger partial charge in [0.05, 0.1) is 12.2 Å². The third kappa shape index (κ3) is 5.60. The van der Waals surface area contributed by atoms with E-state index in [1.165, 1.54) is 44.1 Å². The van der Waals surface area contributed by atoms with Crippen molar-refractivity contribution in [2.75, 3.05) is 6.61 Å². The van der Waals surface area contributed by atoms with Gasteiger partial charge in [0.2, 0.25) is 0 Å². The van der Waals surface area contributed by atoms with Crippen molar-refractivity contribution < 1.29 is 4.74 Å². The minimum Gasteiger partial charge on any atom is -0.492 e. The zero-order valence-electron chi connectivity index (χ0n) is 16.4. The molecular formula is C25H30NO. The van der Waals surface area contributed by atoms with Gasteiger partial charge in [0.25, 0.3) is 0 Å². The van der Waals surface area contributed by atoms with Crippen LogP contribution in [0.25, 0.3) is 11.1 Å². The van der Waals surface area contributed by atoms with Crippen LogP contribution in [0.2, 0.25) is 0 Å². The SMILES string of the molecule is CCCCOc1ccc(-c2ccc(CCC3CC[CH]CC3)cc2)cc1C#N. The van der Waals surface area contributed by atoms with E-state index in [2.05, 4.69) is 49.7 Å². The Labute approximate surface area is 164 Å². The first-order valence-electron chi connectivity index (χ1n) is 10.4. The number of nitriles is 1. The Morgan fingerprint density at radius 3 is 2.48 bits per heavy atom. The normalized spacial score (nSPS) is 14.7. The van der Waals surface area contributed by atoms with Gasteiger partial charge in [0.1, 0.15) is 11.8 Å². The first-order chi connectivity index (χ1) is 13.3. The second kappa shape index (κ2) is 10.2. The van der Waals surface area contributed by atoms with Crippen molar-refractivity contribution in [3.63, 3.8) is 0 Å². The van der Waals surface area contributed by atoms with Gasteiger partial charge in [-0.1, -0.05) is 56.5 Å². The average molecular weight is 361 g/mol. The molecule has 0 saturated heterocycles. The largest absolute Gasteiger partial charge is 0.492 e. The van der Waals surface area contributed by atoms with Crippen molar-refractivity contribution in [3.8, 4) is 22.9 Å². The molecule has 0 unspecified atom stereocenters. The molecule has 27 heavy (non-hydrogen) atoms. The highest BCUT2D eigenvalue weighted by atomic mass is 16.5. The molecule has 2 aromatic carbocycles. The first kappa shape index (κ1) is 19.5. The zero-order chi connectivity index (χ0) is 18.9. The van der Waals surface area contributed by atoms with E-state index >= 15 is 0 Å². The van der Waals surface area contributed by atoms with Crippen molar-refractivity contribution in [3.05, 3.63) is 60.0 Å². The van der Waals surface area contributed by atoms with Crippen molar-refractivity contribution in [1.29, 1.82) is 5.26 Å². The van der Waals surface area contributed by atoms with Crippen LogP contribution in [0.4, 0.5) is 0 Å². The maximum atomic E-state index is 9.45. The first-order valence-corrected chi connectivity index (χ1v) is 10.4. The number of rotatable bonds is 8. The Morgan fingerprint density at radius 1 is 1.04 bits per heavy atom. The summed E-state index contributed by atoms with van der Waals surface area (Å²) in [5.41, 5.74) is 4.25. The second-order valence-electron chi connectivity index (χ2n) is 7.57. The summed E-state index contributed by atoms with van der Waals surface area (Å²) in [5.74, 6) is 1.59. The van der Waals surface area contributed by atoms with E-state index < -0.39 is 0 Å². The predicted octanol–water partition coefficient (Wildman–Crippen LogP) is 6.73. The van der Waals surface area contributed by atoms with E-state index in [9.17, 15) is 5.26 Å². The summed E-state index contributed by atoms with van der Waals surface area (Å²) in [4.78, 5) is 0. The summed E-state index contributed by atoms with van der Waals surface area (Å²) in [7, 11) is 0. The Kier molecular flexibility index (Phi) is 7.34. The lowest BCUT2D eigenvalue weighted by Gasteiger charge is -2.21. The van der Waals surface area contributed by atoms with Gasteiger partial charge in [0.15, 0.2) is 0 Å². The van der Waals surface area contributed by atoms with Gasteiger partial charge in [-0.25, -0.2) is 0 Å². The lowest BCUT2D eigenvalue weighted by atomic mass is 9.85. The number of hydrogen-bond acceptors (Lipinski definition) is 2. The third-order valence-corrected chi connectivity index (χ3v) is 5.54. The van der Waals surface area contributed by atoms with E-state index in [0.29, 0.717) is 17.9 Å². The van der Waals surface area contributed by atoms with Crippen molar-refractivity contribution in [1.82, 2.24) is 0 Å². The maximum Gasteiger partial charge on any atom is 0.137 e. The van der Waals surface area contributed by atoms with Crippen LogP contribution in [0.1, 0.15) is 63.0 Å². The van der Waals surface area contributed by atoms with Gasteiger partial charge < -0.3 is 4.74 Å². The van der Waals surface area contributed by atoms with E-state index in [1.54, 1.807) is 0 Å². The lowest BCUT2D eigenvalue weighted by molar-refractivity contribution is 0.308. The van der Waals surface area contributed by atoms with Gasteiger partial charge >= 0.3 is 0 Å². The highest BCUT2D eigenvalue weighted by Gasteiger charge is 2.13. The number of benzene rings is 2. The van der Waals surface area contributed by atoms with Gasteiger partial charge in [-0.05, 0) is 73.3 Å². The number of unbranched alkanes of at least 4 members (excludes halogenated alkanes) is 1. The Hall–Kier alpha value is -2.27. The van der Waals surface area contributed by atoms with Crippen LogP contribution in [-0.2, 0) is 6.42 Å². The lowest BCUT2D eigenvalue weighted by Crippen LogP contribution is -2.07. The Morgan fingerprint density at radius 2 is 1.78 bits per heavy atom. The molecule has 0 spiro atoms. The van der Waals surface area contributed by atoms with Gasteiger partial charge in [-0.15, -0.1) is 0 Å². The fourth-order valence-electron chi connectivity index (χ4n) is 3.77. The average Bonchev–Trinajstić information content (AvgIpc) is 2.74. The molecule has 0 heterocycles. The fourth-order valence-corrected chi connectivity index (χ4v) is 3.77. The molecule has 1 aliphatic rings. The molecule has 0 bridgehead atoms. The molecular weight excluding hydrogens is 330 g/mol. The number of aryl methyl sites for hydroxylation is 1. The van der Waals surface area contributed by atoms with Crippen LogP contribution in [0.15, 0.2) is 42.5 Å². The summed E-state index contributed by atoms with van der Waals surface area (Å²) in [5, 5.41) is 9.45. The molecule has 1 aliphatic carbocycles. The maximum absolute atomic E-state index is 9.45. The summed E-state index contributed by atoms with van der Waals surface area (Å²) in [6.45, 7) is 2.80. The molecule has 0 N–H and O–H groups in total. The molecule has 3 rings (SSSR count). The van der Waals surface area contributed by atoms with E-state index in [1.807, 2.05) is 12.1 Å². The zero-order valence-corrected chi connectivity index (χ0v) is 16.4. The van der Waals surface area contributed by atoms with Crippen LogP contribution in [0.5, 0.6) is 5.75 Å². The Balaban J connectivity index is 1.63. The van der Waals surface area contributed by atoms with Crippen LogP contribution in [0, 0.1) is 23.7 Å². The van der Waals surface area contributed by atoms with Crippen LogP contribution in [0.3, 0.4) is 0 Å². The number of ether oxygens (including phenoxy) is 1. The summed E-state index contributed by atoms with van der Waals surface area (Å²) < 4.78 is 5.74. The molecule has 0 amide bonds. The molecule has 0 aromatic heterocycles. The van der Waals surface area contributed by atoms with Crippen molar-refractivity contribution in [2.24, 2.45) is 5.92 Å². The number of hydrogen-bond donors (Lipinski definition) is 0. The molecule has 1 saturated carbocycles. The second-order valence-corrected chi connectivity index (χ2v) is 7.57. The Bertz CT molecular complexity index is 751. The third-order valence-electron chi connectivity index (χ3n) is 5.54. The van der Waals surface area contributed by atoms with Crippen molar-refractivity contribution >= 4 is 0 Å². The molecule has 2 nitrogen and oxygen atoms in total. The van der Waals surface area contributed by atoms with Gasteiger partial charge in [0, 0.05) is 0 Å². The van der Waals surface area contributed by atoms with Crippen molar-refractivity contribution in [2.45, 2.75) is 58.3 Å². The fraction of sp³-hybridized carbons (Fsp3) is 0.440. The molecule has 2 aromatic rings. The van der Waals surface area contributed by atoms with Gasteiger partial charge in [-0.3, -0.25) is 0 Å². The highest BCUT2D eigenvalue weighted by molar-refractivity contribution is 5.67. The smallest absolute Gasteiger partial charge is 0.137 e. The molecule has 0 aliphatic heterocycles. The minimum absolute atomic E-state index is 0.613. The van der Waals surface area contributed by atoms with Gasteiger partial charge in [-0.2, -0.15) is 5.26 Å². The van der Waals surface area contributed by atoms with E-state index in [-0.39, 0.29) is 0 Å². The van der Waals surface area contributed by atoms with Crippen LogP contribution in [-0.4, -0.2) is 6.61 Å². The number of nitrogens with zero attached hydrogens (tertiary/aromatic N) is 1. The molecule has 141 valence electrons. The monoisotopic (exact) mass is 360 g/mol. The summed E-state index contributed by atoms with van der Waals surface area (Å²) in [6.07, 6.45) is 12.3. The topological polar surface area (TPSA) is 33.0 Å². The standard InChI is InChI=1S/C25H30NO/c1-2-3-17-27-25-16-15-23(18-24(25)19-26)22-13-11-21(12-14-22)10-9-20-7-5-4-6-8-20/h4,11-16,18,20H,2-3,5-10,17H2,1H3. The summed E-state index contributed by atoms with van der Waals surface area (Å²) in [6, 6.07) is 17.0. The summed E-state index contributed by atoms with van der Waals surface area (Å²) >= 11 is 0. The highest BCUT2D eigenvalue weighted by Crippen LogP contribution is 2.29. The molecule has 1 fully saturated rings. The van der Waals surface area contributed by atoms with E-state index in [4.69, 9.17) is 4.74 Å². The molecule has 1 radical (unpaired) electrons. The quantitative estimate of drug-likeness (QED) is 0.489. The molecule has 2 heteroatoms. The predicted molar refractivity (Wildman–Crippen MR) is 112 cm³/mol.